The van der Waals surface area contributed by atoms with Gasteiger partial charge in [0.1, 0.15) is 22.8 Å². The monoisotopic (exact) mass is 459 g/mol. The Morgan fingerprint density at radius 3 is 2.42 bits per heavy atom. The highest BCUT2D eigenvalue weighted by molar-refractivity contribution is 6.24. The van der Waals surface area contributed by atoms with Crippen molar-refractivity contribution in [3.05, 3.63) is 50.3 Å². The molecule has 0 unspecified atom stereocenters. The zero-order valence-electron chi connectivity index (χ0n) is 17.6. The molecule has 1 amide bonds. The third-order valence-electron chi connectivity index (χ3n) is 6.78. The Balaban J connectivity index is 2.00. The third-order valence-corrected chi connectivity index (χ3v) is 6.78. The van der Waals surface area contributed by atoms with Crippen molar-refractivity contribution in [2.24, 2.45) is 17.6 Å². The summed E-state index contributed by atoms with van der Waals surface area (Å²) in [6.07, 6.45) is -0.280. The second-order valence-electron chi connectivity index (χ2n) is 8.68. The van der Waals surface area contributed by atoms with Gasteiger partial charge in [-0.05, 0) is 38.9 Å². The molecule has 3 aliphatic carbocycles. The number of likely N-dealkylation sites (N-methyl/N-ethyl adjacent to an activating group) is 1. The van der Waals surface area contributed by atoms with Crippen LogP contribution in [0.2, 0.25) is 0 Å². The van der Waals surface area contributed by atoms with Gasteiger partial charge in [0.15, 0.2) is 11.4 Å². The van der Waals surface area contributed by atoms with Gasteiger partial charge in [-0.2, -0.15) is 0 Å². The van der Waals surface area contributed by atoms with Crippen LogP contribution in [0.4, 0.5) is 5.69 Å². The van der Waals surface area contributed by atoms with Gasteiger partial charge in [-0.25, -0.2) is 0 Å². The van der Waals surface area contributed by atoms with E-state index < -0.39 is 68.7 Å². The Labute approximate surface area is 186 Å². The van der Waals surface area contributed by atoms with Crippen LogP contribution in [-0.2, 0) is 20.8 Å². The summed E-state index contributed by atoms with van der Waals surface area (Å²) in [5.41, 5.74) is 0.543. The van der Waals surface area contributed by atoms with Crippen molar-refractivity contribution in [3.63, 3.8) is 0 Å². The van der Waals surface area contributed by atoms with Crippen LogP contribution in [0.1, 0.15) is 17.5 Å². The molecule has 0 aromatic heterocycles. The molecule has 0 radical (unpaired) electrons. The first-order chi connectivity index (χ1) is 15.3. The van der Waals surface area contributed by atoms with Crippen LogP contribution in [0.15, 0.2) is 29.0 Å². The van der Waals surface area contributed by atoms with Gasteiger partial charge in [0.25, 0.3) is 11.6 Å². The minimum absolute atomic E-state index is 0.00520. The first-order valence-corrected chi connectivity index (χ1v) is 9.98. The third kappa shape index (κ3) is 2.80. The highest BCUT2D eigenvalue weighted by atomic mass is 16.6. The van der Waals surface area contributed by atoms with Crippen molar-refractivity contribution >= 4 is 28.9 Å². The summed E-state index contributed by atoms with van der Waals surface area (Å²) >= 11 is 0. The number of aliphatic hydroxyl groups is 3. The summed E-state index contributed by atoms with van der Waals surface area (Å²) < 4.78 is 0. The normalized spacial score (nSPS) is 29.0. The van der Waals surface area contributed by atoms with Gasteiger partial charge >= 0.3 is 0 Å². The number of rotatable bonds is 3. The van der Waals surface area contributed by atoms with Gasteiger partial charge in [0, 0.05) is 23.1 Å². The molecule has 0 heterocycles. The number of hydrogen-bond acceptors (Lipinski definition) is 10. The van der Waals surface area contributed by atoms with E-state index in [1.165, 1.54) is 19.0 Å². The van der Waals surface area contributed by atoms with Crippen LogP contribution in [0, 0.1) is 22.0 Å². The zero-order chi connectivity index (χ0) is 24.6. The Hall–Kier alpha value is -3.77. The van der Waals surface area contributed by atoms with E-state index in [1.54, 1.807) is 0 Å². The quantitative estimate of drug-likeness (QED) is 0.230. The minimum atomic E-state index is -2.75. The number of amides is 1. The Morgan fingerprint density at radius 1 is 1.24 bits per heavy atom. The van der Waals surface area contributed by atoms with Crippen molar-refractivity contribution in [1.29, 1.82) is 0 Å². The van der Waals surface area contributed by atoms with Crippen LogP contribution in [-0.4, -0.2) is 73.5 Å². The van der Waals surface area contributed by atoms with Gasteiger partial charge in [0.2, 0.25) is 5.78 Å². The highest BCUT2D eigenvalue weighted by Gasteiger charge is 2.64. The number of phenols is 1. The smallest absolute Gasteiger partial charge is 0.273 e. The predicted molar refractivity (Wildman–Crippen MR) is 111 cm³/mol. The Kier molecular flexibility index (Phi) is 4.84. The van der Waals surface area contributed by atoms with Crippen molar-refractivity contribution in [1.82, 2.24) is 4.90 Å². The van der Waals surface area contributed by atoms with Crippen molar-refractivity contribution in [3.8, 4) is 5.75 Å². The van der Waals surface area contributed by atoms with Gasteiger partial charge in [-0.3, -0.25) is 29.4 Å². The van der Waals surface area contributed by atoms with Gasteiger partial charge in [-0.15, -0.1) is 0 Å². The maximum absolute atomic E-state index is 13.6. The molecule has 1 fully saturated rings. The number of carbonyl (C=O) groups excluding carboxylic acids is 3. The number of nitro benzene ring substituents is 1. The van der Waals surface area contributed by atoms with E-state index in [2.05, 4.69) is 0 Å². The number of nitro groups is 1. The zero-order valence-corrected chi connectivity index (χ0v) is 17.6. The Morgan fingerprint density at radius 2 is 1.88 bits per heavy atom. The number of benzene rings is 1. The van der Waals surface area contributed by atoms with E-state index in [4.69, 9.17) is 5.73 Å². The fraction of sp³-hybridized carbons (Fsp3) is 0.381. The van der Waals surface area contributed by atoms with E-state index >= 15 is 0 Å². The molecule has 12 heteroatoms. The van der Waals surface area contributed by atoms with Crippen LogP contribution in [0.3, 0.4) is 0 Å². The van der Waals surface area contributed by atoms with Crippen LogP contribution >= 0.6 is 0 Å². The number of ketones is 2. The van der Waals surface area contributed by atoms with Crippen LogP contribution in [0.5, 0.6) is 5.75 Å². The molecule has 4 atom stereocenters. The number of nitrogens with two attached hydrogens (primary N) is 1. The van der Waals surface area contributed by atoms with E-state index in [9.17, 15) is 44.9 Å². The first kappa shape index (κ1) is 22.4. The number of primary amides is 1. The number of hydrogen-bond donors (Lipinski definition) is 5. The fourth-order valence-electron chi connectivity index (χ4n) is 5.40. The van der Waals surface area contributed by atoms with Gasteiger partial charge in [-0.1, -0.05) is 0 Å². The van der Waals surface area contributed by atoms with Gasteiger partial charge in [0.05, 0.1) is 16.5 Å². The topological polar surface area (TPSA) is 205 Å². The van der Waals surface area contributed by atoms with E-state index in [1.807, 2.05) is 0 Å². The maximum Gasteiger partial charge on any atom is 0.273 e. The number of Topliss-reactive ketones (excluding diaryl/α,β-unsaturated/α-hetero) is 2. The van der Waals surface area contributed by atoms with Crippen molar-refractivity contribution in [2.75, 3.05) is 14.1 Å². The largest absolute Gasteiger partial charge is 0.508 e. The highest BCUT2D eigenvalue weighted by Crippen LogP contribution is 2.53. The summed E-state index contributed by atoms with van der Waals surface area (Å²) in [5, 5.41) is 54.8. The van der Waals surface area contributed by atoms with E-state index in [0.717, 1.165) is 12.1 Å². The molecule has 0 aliphatic heterocycles. The number of aliphatic hydroxyl groups excluding tert-OH is 2. The number of aromatic hydroxyl groups is 1. The number of fused-ring (bicyclic) bond motifs is 3. The minimum Gasteiger partial charge on any atom is -0.508 e. The van der Waals surface area contributed by atoms with Crippen molar-refractivity contribution < 1.29 is 39.7 Å². The lowest BCUT2D eigenvalue weighted by molar-refractivity contribution is -0.385. The summed E-state index contributed by atoms with van der Waals surface area (Å²) in [7, 11) is 2.96. The molecule has 3 aliphatic rings. The Bertz CT molecular complexity index is 1220. The lowest BCUT2D eigenvalue weighted by Gasteiger charge is -2.50. The molecule has 0 spiro atoms. The lowest BCUT2D eigenvalue weighted by Crippen LogP contribution is -2.65. The molecule has 0 saturated heterocycles. The second kappa shape index (κ2) is 7.12. The molecule has 174 valence electrons. The summed E-state index contributed by atoms with van der Waals surface area (Å²) in [5.74, 6) is -7.96. The molecule has 1 saturated carbocycles. The standard InChI is InChI=1S/C21H21N3O9/c1-23(2)15-9-6-7-5-8-10(24(32)33)3-4-11(25)13(8)16(26)12(7)18(28)21(9,31)19(29)14(17(15)27)20(22)30/h3-4,7,9,15,25-26,29,31H,5-6H2,1-2H3,(H2,22,30)/t7-,9-,15-,21-/m0/s1. The number of carbonyl (C=O) groups is 3. The predicted octanol–water partition coefficient (Wildman–Crippen LogP) is -0.128. The van der Waals surface area contributed by atoms with Gasteiger partial charge < -0.3 is 26.2 Å². The molecular weight excluding hydrogens is 438 g/mol. The summed E-state index contributed by atoms with van der Waals surface area (Å²) in [6, 6.07) is 0.859. The number of nitrogens with zero attached hydrogens (tertiary/aromatic N) is 2. The summed E-state index contributed by atoms with van der Waals surface area (Å²) in [4.78, 5) is 50.6. The maximum atomic E-state index is 13.6. The molecular formula is C21H21N3O9. The lowest BCUT2D eigenvalue weighted by atomic mass is 9.57. The van der Waals surface area contributed by atoms with E-state index in [-0.39, 0.29) is 35.2 Å². The molecule has 33 heavy (non-hydrogen) atoms. The SMILES string of the molecule is CN(C)[C@@H]1C(=O)C(C(N)=O)=C(O)[C@@]2(O)C(=O)C3=C(O)c4c(O)ccc([N+](=O)[O-])c4C[C@H]3C[C@@H]12. The van der Waals surface area contributed by atoms with Crippen LogP contribution < -0.4 is 5.73 Å². The molecule has 4 rings (SSSR count). The fourth-order valence-corrected chi connectivity index (χ4v) is 5.40. The van der Waals surface area contributed by atoms with Crippen LogP contribution in [0.25, 0.3) is 5.76 Å². The summed E-state index contributed by atoms with van der Waals surface area (Å²) in [6.45, 7) is 0. The first-order valence-electron chi connectivity index (χ1n) is 9.98. The molecule has 12 nitrogen and oxygen atoms in total. The average molecular weight is 459 g/mol. The number of phenolic OH excluding ortho intramolecular Hbond substituents is 1. The van der Waals surface area contributed by atoms with E-state index in [0.29, 0.717) is 0 Å². The molecule has 0 bridgehead atoms. The molecule has 6 N–H and O–H groups in total. The molecule has 1 aromatic rings. The molecule has 1 aromatic carbocycles. The second-order valence-corrected chi connectivity index (χ2v) is 8.68. The average Bonchev–Trinajstić information content (AvgIpc) is 2.70. The van der Waals surface area contributed by atoms with Crippen molar-refractivity contribution in [2.45, 2.75) is 24.5 Å².